The number of rotatable bonds is 6. The lowest BCUT2D eigenvalue weighted by molar-refractivity contribution is -0.132. The molecule has 0 N–H and O–H groups in total. The molecular formula is C25H33NO2. The van der Waals surface area contributed by atoms with E-state index in [-0.39, 0.29) is 12.0 Å². The smallest absolute Gasteiger partial charge is 0.226 e. The van der Waals surface area contributed by atoms with Crippen LogP contribution in [0.25, 0.3) is 0 Å². The second kappa shape index (κ2) is 9.27. The van der Waals surface area contributed by atoms with Crippen LogP contribution in [0.3, 0.4) is 0 Å². The van der Waals surface area contributed by atoms with E-state index in [0.717, 1.165) is 37.2 Å². The quantitative estimate of drug-likeness (QED) is 0.659. The van der Waals surface area contributed by atoms with Gasteiger partial charge in [-0.2, -0.15) is 0 Å². The Morgan fingerprint density at radius 1 is 0.893 bits per heavy atom. The Labute approximate surface area is 169 Å². The molecule has 0 spiro atoms. The van der Waals surface area contributed by atoms with E-state index in [2.05, 4.69) is 76.2 Å². The zero-order valence-electron chi connectivity index (χ0n) is 17.7. The lowest BCUT2D eigenvalue weighted by Gasteiger charge is -2.32. The van der Waals surface area contributed by atoms with Gasteiger partial charge in [0, 0.05) is 25.9 Å². The van der Waals surface area contributed by atoms with E-state index in [4.69, 9.17) is 4.74 Å². The maximum absolute atomic E-state index is 12.6. The maximum Gasteiger partial charge on any atom is 0.226 e. The first-order chi connectivity index (χ1) is 13.4. The zero-order chi connectivity index (χ0) is 20.1. The molecule has 1 saturated heterocycles. The van der Waals surface area contributed by atoms with Crippen LogP contribution in [-0.2, 0) is 11.2 Å². The number of ether oxygens (including phenoxy) is 1. The Bertz CT molecular complexity index is 754. The molecule has 3 heteroatoms. The van der Waals surface area contributed by atoms with Gasteiger partial charge >= 0.3 is 0 Å². The standard InChI is InChI=1S/C25H33NO2/c1-18(2)21-7-5-20(6-8-21)17-25(27)26-15-13-24(14-16-26)28-23-11-9-22(10-12-23)19(3)4/h5-12,18-19,24H,13-17H2,1-4H3. The molecule has 1 amide bonds. The van der Waals surface area contributed by atoms with Crippen LogP contribution < -0.4 is 4.74 Å². The van der Waals surface area contributed by atoms with Crippen molar-refractivity contribution in [3.63, 3.8) is 0 Å². The van der Waals surface area contributed by atoms with E-state index in [1.165, 1.54) is 11.1 Å². The van der Waals surface area contributed by atoms with Crippen molar-refractivity contribution in [3.05, 3.63) is 65.2 Å². The van der Waals surface area contributed by atoms with E-state index in [1.54, 1.807) is 0 Å². The molecule has 1 heterocycles. The average Bonchev–Trinajstić information content (AvgIpc) is 2.69. The van der Waals surface area contributed by atoms with Crippen molar-refractivity contribution in [2.24, 2.45) is 0 Å². The van der Waals surface area contributed by atoms with E-state index in [0.29, 0.717) is 18.3 Å². The Morgan fingerprint density at radius 2 is 1.39 bits per heavy atom. The van der Waals surface area contributed by atoms with Crippen molar-refractivity contribution < 1.29 is 9.53 Å². The number of likely N-dealkylation sites (tertiary alicyclic amines) is 1. The fraction of sp³-hybridized carbons (Fsp3) is 0.480. The van der Waals surface area contributed by atoms with Gasteiger partial charge in [0.25, 0.3) is 0 Å². The monoisotopic (exact) mass is 379 g/mol. The van der Waals surface area contributed by atoms with Crippen molar-refractivity contribution in [1.82, 2.24) is 4.90 Å². The fourth-order valence-electron chi connectivity index (χ4n) is 3.65. The van der Waals surface area contributed by atoms with E-state index in [9.17, 15) is 4.79 Å². The summed E-state index contributed by atoms with van der Waals surface area (Å²) in [6.07, 6.45) is 2.47. The molecular weight excluding hydrogens is 346 g/mol. The van der Waals surface area contributed by atoms with Gasteiger partial charge in [0.1, 0.15) is 11.9 Å². The van der Waals surface area contributed by atoms with Crippen molar-refractivity contribution in [3.8, 4) is 5.75 Å². The SMILES string of the molecule is CC(C)c1ccc(CC(=O)N2CCC(Oc3ccc(C(C)C)cc3)CC2)cc1. The summed E-state index contributed by atoms with van der Waals surface area (Å²) in [6.45, 7) is 10.3. The van der Waals surface area contributed by atoms with Crippen LogP contribution in [0.1, 0.15) is 69.1 Å². The van der Waals surface area contributed by atoms with Gasteiger partial charge in [0.05, 0.1) is 6.42 Å². The summed E-state index contributed by atoms with van der Waals surface area (Å²) < 4.78 is 6.13. The molecule has 0 atom stereocenters. The predicted molar refractivity (Wildman–Crippen MR) is 115 cm³/mol. The number of carbonyl (C=O) groups is 1. The molecule has 150 valence electrons. The minimum absolute atomic E-state index is 0.194. The van der Waals surface area contributed by atoms with Crippen LogP contribution in [0.4, 0.5) is 0 Å². The molecule has 0 aromatic heterocycles. The van der Waals surface area contributed by atoms with Crippen LogP contribution >= 0.6 is 0 Å². The topological polar surface area (TPSA) is 29.5 Å². The molecule has 0 unspecified atom stereocenters. The highest BCUT2D eigenvalue weighted by atomic mass is 16.5. The predicted octanol–water partition coefficient (Wildman–Crippen LogP) is 5.55. The number of carbonyl (C=O) groups excluding carboxylic acids is 1. The second-order valence-electron chi connectivity index (χ2n) is 8.49. The summed E-state index contributed by atoms with van der Waals surface area (Å²) in [5, 5.41) is 0. The highest BCUT2D eigenvalue weighted by Gasteiger charge is 2.24. The summed E-state index contributed by atoms with van der Waals surface area (Å²) in [7, 11) is 0. The van der Waals surface area contributed by atoms with E-state index < -0.39 is 0 Å². The highest BCUT2D eigenvalue weighted by Crippen LogP contribution is 2.23. The largest absolute Gasteiger partial charge is 0.490 e. The molecule has 3 rings (SSSR count). The third-order valence-electron chi connectivity index (χ3n) is 5.65. The first-order valence-corrected chi connectivity index (χ1v) is 10.6. The molecule has 3 nitrogen and oxygen atoms in total. The van der Waals surface area contributed by atoms with Gasteiger partial charge < -0.3 is 9.64 Å². The highest BCUT2D eigenvalue weighted by molar-refractivity contribution is 5.78. The van der Waals surface area contributed by atoms with E-state index in [1.807, 2.05) is 4.90 Å². The molecule has 28 heavy (non-hydrogen) atoms. The number of nitrogens with zero attached hydrogens (tertiary/aromatic N) is 1. The summed E-state index contributed by atoms with van der Waals surface area (Å²) in [5.74, 6) is 2.20. The lowest BCUT2D eigenvalue weighted by atomic mass is 10.0. The molecule has 0 saturated carbocycles. The molecule has 1 aliphatic heterocycles. The van der Waals surface area contributed by atoms with Crippen LogP contribution in [0.2, 0.25) is 0 Å². The normalized spacial score (nSPS) is 15.3. The van der Waals surface area contributed by atoms with Crippen LogP contribution in [0.15, 0.2) is 48.5 Å². The van der Waals surface area contributed by atoms with Gasteiger partial charge in [0.2, 0.25) is 5.91 Å². The summed E-state index contributed by atoms with van der Waals surface area (Å²) in [6, 6.07) is 16.9. The maximum atomic E-state index is 12.6. The number of hydrogen-bond acceptors (Lipinski definition) is 2. The first-order valence-electron chi connectivity index (χ1n) is 10.6. The van der Waals surface area contributed by atoms with Gasteiger partial charge in [-0.25, -0.2) is 0 Å². The second-order valence-corrected chi connectivity index (χ2v) is 8.49. The van der Waals surface area contributed by atoms with Gasteiger partial charge in [-0.15, -0.1) is 0 Å². The molecule has 0 bridgehead atoms. The minimum atomic E-state index is 0.194. The molecule has 2 aromatic rings. The van der Waals surface area contributed by atoms with Gasteiger partial charge in [-0.05, 0) is 40.7 Å². The molecule has 1 aliphatic rings. The molecule has 1 fully saturated rings. The van der Waals surface area contributed by atoms with Crippen molar-refractivity contribution in [1.29, 1.82) is 0 Å². The van der Waals surface area contributed by atoms with Crippen LogP contribution in [-0.4, -0.2) is 30.0 Å². The van der Waals surface area contributed by atoms with Crippen molar-refractivity contribution in [2.45, 2.75) is 64.9 Å². The minimum Gasteiger partial charge on any atom is -0.490 e. The number of piperidine rings is 1. The molecule has 2 aromatic carbocycles. The fourth-order valence-corrected chi connectivity index (χ4v) is 3.65. The van der Waals surface area contributed by atoms with Gasteiger partial charge in [-0.1, -0.05) is 64.1 Å². The summed E-state index contributed by atoms with van der Waals surface area (Å²) >= 11 is 0. The summed E-state index contributed by atoms with van der Waals surface area (Å²) in [4.78, 5) is 14.6. The van der Waals surface area contributed by atoms with Crippen LogP contribution in [0, 0.1) is 0 Å². The average molecular weight is 380 g/mol. The van der Waals surface area contributed by atoms with E-state index >= 15 is 0 Å². The number of hydrogen-bond donors (Lipinski definition) is 0. The molecule has 0 aliphatic carbocycles. The van der Waals surface area contributed by atoms with Gasteiger partial charge in [0.15, 0.2) is 0 Å². The third kappa shape index (κ3) is 5.37. The Morgan fingerprint density at radius 3 is 1.89 bits per heavy atom. The number of amides is 1. The Kier molecular flexibility index (Phi) is 6.77. The first kappa shape index (κ1) is 20.4. The van der Waals surface area contributed by atoms with Crippen molar-refractivity contribution >= 4 is 5.91 Å². The van der Waals surface area contributed by atoms with Gasteiger partial charge in [-0.3, -0.25) is 4.79 Å². The molecule has 0 radical (unpaired) electrons. The lowest BCUT2D eigenvalue weighted by Crippen LogP contribution is -2.42. The third-order valence-corrected chi connectivity index (χ3v) is 5.65. The zero-order valence-corrected chi connectivity index (χ0v) is 17.7. The van der Waals surface area contributed by atoms with Crippen molar-refractivity contribution in [2.75, 3.05) is 13.1 Å². The Balaban J connectivity index is 1.47. The number of benzene rings is 2. The Hall–Kier alpha value is -2.29. The summed E-state index contributed by atoms with van der Waals surface area (Å²) in [5.41, 5.74) is 3.74. The van der Waals surface area contributed by atoms with Crippen LogP contribution in [0.5, 0.6) is 5.75 Å².